The van der Waals surface area contributed by atoms with Crippen LogP contribution in [0.2, 0.25) is 5.15 Å². The minimum atomic E-state index is 0.270. The van der Waals surface area contributed by atoms with Crippen LogP contribution in [-0.4, -0.2) is 32.0 Å². The van der Waals surface area contributed by atoms with Gasteiger partial charge in [-0.3, -0.25) is 0 Å². The zero-order valence-electron chi connectivity index (χ0n) is 12.8. The molecule has 1 saturated carbocycles. The molecule has 0 aliphatic heterocycles. The van der Waals surface area contributed by atoms with Gasteiger partial charge in [-0.05, 0) is 18.9 Å². The molecule has 122 valence electrons. The molecule has 0 amide bonds. The first kappa shape index (κ1) is 14.9. The Balaban J connectivity index is 1.36. The van der Waals surface area contributed by atoms with Gasteiger partial charge in [0.1, 0.15) is 12.0 Å². The lowest BCUT2D eigenvalue weighted by Gasteiger charge is -2.36. The van der Waals surface area contributed by atoms with Crippen LogP contribution in [0, 0.1) is 0 Å². The van der Waals surface area contributed by atoms with Crippen molar-refractivity contribution in [3.05, 3.63) is 41.9 Å². The number of fused-ring (bicyclic) bond motifs is 1. The lowest BCUT2D eigenvalue weighted by molar-refractivity contribution is 0.395. The first-order chi connectivity index (χ1) is 11.7. The van der Waals surface area contributed by atoms with E-state index in [1.165, 1.54) is 6.33 Å². The van der Waals surface area contributed by atoms with Crippen molar-refractivity contribution in [3.63, 3.8) is 0 Å². The van der Waals surface area contributed by atoms with Crippen LogP contribution in [0.4, 0.5) is 17.5 Å². The van der Waals surface area contributed by atoms with Crippen LogP contribution >= 0.6 is 11.6 Å². The van der Waals surface area contributed by atoms with Gasteiger partial charge in [-0.2, -0.15) is 0 Å². The van der Waals surface area contributed by atoms with Crippen molar-refractivity contribution in [2.45, 2.75) is 24.9 Å². The smallest absolute Gasteiger partial charge is 0.223 e. The molecule has 0 unspecified atom stereocenters. The van der Waals surface area contributed by atoms with Crippen LogP contribution in [0.5, 0.6) is 0 Å². The zero-order chi connectivity index (χ0) is 16.5. The molecule has 0 bridgehead atoms. The van der Waals surface area contributed by atoms with Gasteiger partial charge >= 0.3 is 0 Å². The molecule has 4 rings (SSSR count). The number of hydrogen-bond donors (Lipinski definition) is 3. The molecule has 1 aromatic carbocycles. The van der Waals surface area contributed by atoms with Crippen molar-refractivity contribution in [2.75, 3.05) is 16.4 Å². The molecule has 1 aliphatic carbocycles. The van der Waals surface area contributed by atoms with E-state index < -0.39 is 0 Å². The fourth-order valence-corrected chi connectivity index (χ4v) is 2.89. The van der Waals surface area contributed by atoms with E-state index in [-0.39, 0.29) is 11.2 Å². The van der Waals surface area contributed by atoms with E-state index >= 15 is 0 Å². The maximum Gasteiger partial charge on any atom is 0.223 e. The number of benzene rings is 1. The van der Waals surface area contributed by atoms with E-state index in [2.05, 4.69) is 30.6 Å². The number of nitrogen functional groups attached to an aromatic ring is 1. The van der Waals surface area contributed by atoms with Crippen LogP contribution < -0.4 is 16.4 Å². The normalized spacial score (nSPS) is 19.7. The summed E-state index contributed by atoms with van der Waals surface area (Å²) in [5.74, 6) is 1.24. The van der Waals surface area contributed by atoms with Gasteiger partial charge in [0.15, 0.2) is 11.0 Å². The first-order valence-corrected chi connectivity index (χ1v) is 8.07. The Hall–Kier alpha value is -2.67. The van der Waals surface area contributed by atoms with Gasteiger partial charge in [0.25, 0.3) is 0 Å². The largest absolute Gasteiger partial charge is 0.393 e. The molecule has 2 heterocycles. The van der Waals surface area contributed by atoms with Crippen LogP contribution in [0.15, 0.2) is 36.8 Å². The van der Waals surface area contributed by atoms with Crippen molar-refractivity contribution in [1.29, 1.82) is 0 Å². The molecule has 0 atom stereocenters. The number of hydrogen-bond acceptors (Lipinski definition) is 7. The highest BCUT2D eigenvalue weighted by Crippen LogP contribution is 2.29. The maximum absolute atomic E-state index is 5.90. The fraction of sp³-hybridized carbons (Fsp3) is 0.250. The third-order valence-electron chi connectivity index (χ3n) is 4.14. The highest BCUT2D eigenvalue weighted by molar-refractivity contribution is 6.32. The number of nitrogens with one attached hydrogen (secondary N) is 2. The van der Waals surface area contributed by atoms with Gasteiger partial charge < -0.3 is 16.4 Å². The summed E-state index contributed by atoms with van der Waals surface area (Å²) < 4.78 is 0. The van der Waals surface area contributed by atoms with Crippen LogP contribution in [-0.2, 0) is 0 Å². The second-order valence-electron chi connectivity index (χ2n) is 5.83. The monoisotopic (exact) mass is 341 g/mol. The van der Waals surface area contributed by atoms with Crippen molar-refractivity contribution in [1.82, 2.24) is 19.9 Å². The van der Waals surface area contributed by atoms with E-state index in [4.69, 9.17) is 17.3 Å². The summed E-state index contributed by atoms with van der Waals surface area (Å²) in [6, 6.07) is 8.54. The van der Waals surface area contributed by atoms with Gasteiger partial charge in [0.2, 0.25) is 5.95 Å². The Morgan fingerprint density at radius 2 is 1.83 bits per heavy atom. The van der Waals surface area contributed by atoms with Crippen molar-refractivity contribution in [3.8, 4) is 0 Å². The van der Waals surface area contributed by atoms with Gasteiger partial charge in [0, 0.05) is 23.7 Å². The molecule has 1 fully saturated rings. The van der Waals surface area contributed by atoms with E-state index in [0.29, 0.717) is 23.5 Å². The summed E-state index contributed by atoms with van der Waals surface area (Å²) in [6.45, 7) is 0. The topological polar surface area (TPSA) is 102 Å². The quantitative estimate of drug-likeness (QED) is 0.627. The summed E-state index contributed by atoms with van der Waals surface area (Å²) in [6.07, 6.45) is 5.09. The van der Waals surface area contributed by atoms with E-state index in [1.807, 2.05) is 30.5 Å². The number of nitrogens with two attached hydrogens (primary N) is 1. The van der Waals surface area contributed by atoms with E-state index in [1.54, 1.807) is 0 Å². The van der Waals surface area contributed by atoms with Crippen molar-refractivity contribution >= 4 is 40.0 Å². The van der Waals surface area contributed by atoms with Crippen LogP contribution in [0.3, 0.4) is 0 Å². The van der Waals surface area contributed by atoms with Gasteiger partial charge in [-0.15, -0.1) is 0 Å². The Kier molecular flexibility index (Phi) is 3.78. The Morgan fingerprint density at radius 1 is 1.04 bits per heavy atom. The molecule has 2 aromatic heterocycles. The summed E-state index contributed by atoms with van der Waals surface area (Å²) >= 11 is 5.90. The fourth-order valence-electron chi connectivity index (χ4n) is 2.76. The minimum Gasteiger partial charge on any atom is -0.393 e. The third kappa shape index (κ3) is 2.90. The molecule has 3 aromatic rings. The van der Waals surface area contributed by atoms with Gasteiger partial charge in [0.05, 0.1) is 5.52 Å². The standard InChI is InChI=1S/C16H16ClN7/c17-14-13(18)15(21-8-20-14)22-10-5-11(6-10)23-16-19-7-9-3-1-2-4-12(9)24-16/h1-4,7-8,10-11H,5-6,18H2,(H,19,23,24)(H,20,21,22)/t10-,11-. The zero-order valence-corrected chi connectivity index (χ0v) is 13.5. The molecule has 24 heavy (non-hydrogen) atoms. The van der Waals surface area contributed by atoms with Crippen LogP contribution in [0.25, 0.3) is 10.9 Å². The van der Waals surface area contributed by atoms with Gasteiger partial charge in [-0.25, -0.2) is 19.9 Å². The highest BCUT2D eigenvalue weighted by Gasteiger charge is 2.30. The second kappa shape index (κ2) is 6.09. The molecular formula is C16H16ClN7. The van der Waals surface area contributed by atoms with Gasteiger partial charge in [-0.1, -0.05) is 29.8 Å². The Bertz CT molecular complexity index is 879. The van der Waals surface area contributed by atoms with Crippen molar-refractivity contribution in [2.24, 2.45) is 0 Å². The lowest BCUT2D eigenvalue weighted by Crippen LogP contribution is -2.44. The molecule has 4 N–H and O–H groups in total. The molecule has 8 heteroatoms. The second-order valence-corrected chi connectivity index (χ2v) is 6.19. The number of anilines is 3. The molecule has 0 radical (unpaired) electrons. The lowest BCUT2D eigenvalue weighted by atomic mass is 9.87. The number of para-hydroxylation sites is 1. The van der Waals surface area contributed by atoms with E-state index in [0.717, 1.165) is 23.7 Å². The van der Waals surface area contributed by atoms with Crippen LogP contribution in [0.1, 0.15) is 12.8 Å². The number of aromatic nitrogens is 4. The number of nitrogens with zero attached hydrogens (tertiary/aromatic N) is 4. The highest BCUT2D eigenvalue weighted by atomic mass is 35.5. The molecule has 0 spiro atoms. The molecule has 0 saturated heterocycles. The summed E-state index contributed by atoms with van der Waals surface area (Å²) in [4.78, 5) is 16.9. The van der Waals surface area contributed by atoms with Crippen molar-refractivity contribution < 1.29 is 0 Å². The summed E-state index contributed by atoms with van der Waals surface area (Å²) in [5, 5.41) is 7.96. The average molecular weight is 342 g/mol. The Morgan fingerprint density at radius 3 is 2.71 bits per heavy atom. The average Bonchev–Trinajstić information content (AvgIpc) is 2.56. The predicted molar refractivity (Wildman–Crippen MR) is 95.0 cm³/mol. The third-order valence-corrected chi connectivity index (χ3v) is 4.44. The molecule has 7 nitrogen and oxygen atoms in total. The SMILES string of the molecule is Nc1c(Cl)ncnc1N[C@H]1C[C@H](Nc2ncc3ccccc3n2)C1. The number of halogens is 1. The number of rotatable bonds is 4. The maximum atomic E-state index is 5.90. The Labute approximate surface area is 143 Å². The molecule has 1 aliphatic rings. The van der Waals surface area contributed by atoms with E-state index in [9.17, 15) is 0 Å². The molecular weight excluding hydrogens is 326 g/mol. The predicted octanol–water partition coefficient (Wildman–Crippen LogP) is 2.71. The summed E-state index contributed by atoms with van der Waals surface area (Å²) in [5.41, 5.74) is 7.19. The minimum absolute atomic E-state index is 0.270. The first-order valence-electron chi connectivity index (χ1n) is 7.70. The summed E-state index contributed by atoms with van der Waals surface area (Å²) in [7, 11) is 0.